The second kappa shape index (κ2) is 6.87. The number of rotatable bonds is 4. The molecule has 0 spiro atoms. The van der Waals surface area contributed by atoms with Crippen LogP contribution in [0.2, 0.25) is 0 Å². The van der Waals surface area contributed by atoms with Gasteiger partial charge in [0, 0.05) is 29.7 Å². The smallest absolute Gasteiger partial charge is 0.321 e. The van der Waals surface area contributed by atoms with E-state index < -0.39 is 0 Å². The highest BCUT2D eigenvalue weighted by molar-refractivity contribution is 6.06. The van der Waals surface area contributed by atoms with Crippen molar-refractivity contribution in [3.05, 3.63) is 71.8 Å². The number of aromatic nitrogens is 4. The number of hydrogen-bond acceptors (Lipinski definition) is 5. The highest BCUT2D eigenvalue weighted by atomic mass is 16.5. The lowest BCUT2D eigenvalue weighted by Gasteiger charge is -2.10. The van der Waals surface area contributed by atoms with Crippen molar-refractivity contribution in [1.82, 2.24) is 19.9 Å². The third kappa shape index (κ3) is 3.62. The number of imidazole rings is 1. The topological polar surface area (TPSA) is 92.8 Å². The predicted molar refractivity (Wildman–Crippen MR) is 102 cm³/mol. The first-order valence-corrected chi connectivity index (χ1v) is 8.42. The lowest BCUT2D eigenvalue weighted by molar-refractivity contribution is 0.102. The number of aryl methyl sites for hydroxylation is 2. The van der Waals surface area contributed by atoms with E-state index in [0.29, 0.717) is 17.0 Å². The van der Waals surface area contributed by atoms with E-state index >= 15 is 0 Å². The largest absolute Gasteiger partial charge is 0.424 e. The molecule has 2 aromatic carbocycles. The molecule has 0 saturated carbocycles. The predicted octanol–water partition coefficient (Wildman–Crippen LogP) is 4.01. The van der Waals surface area contributed by atoms with Gasteiger partial charge in [-0.05, 0) is 49.7 Å². The molecule has 0 aliphatic carbocycles. The van der Waals surface area contributed by atoms with Crippen LogP contribution in [0, 0.1) is 13.8 Å². The molecule has 0 fully saturated rings. The number of carbonyl (C=O) groups excluding carboxylic acids is 1. The van der Waals surface area contributed by atoms with Gasteiger partial charge < -0.3 is 15.0 Å². The second-order valence-electron chi connectivity index (χ2n) is 6.12. The molecule has 7 heteroatoms. The zero-order valence-corrected chi connectivity index (χ0v) is 14.9. The molecule has 0 aliphatic heterocycles. The zero-order valence-electron chi connectivity index (χ0n) is 14.9. The summed E-state index contributed by atoms with van der Waals surface area (Å²) in [7, 11) is 0. The summed E-state index contributed by atoms with van der Waals surface area (Å²) in [6.45, 7) is 3.79. The Bertz CT molecular complexity index is 1120. The monoisotopic (exact) mass is 359 g/mol. The molecule has 134 valence electrons. The van der Waals surface area contributed by atoms with E-state index in [1.807, 2.05) is 32.0 Å². The Morgan fingerprint density at radius 1 is 1.07 bits per heavy atom. The number of hydrogen-bond donors (Lipinski definition) is 2. The molecule has 1 amide bonds. The molecule has 0 atom stereocenters. The van der Waals surface area contributed by atoms with Crippen molar-refractivity contribution in [1.29, 1.82) is 0 Å². The van der Waals surface area contributed by atoms with Gasteiger partial charge in [-0.25, -0.2) is 15.0 Å². The van der Waals surface area contributed by atoms with Crippen molar-refractivity contribution in [2.45, 2.75) is 13.8 Å². The molecule has 4 rings (SSSR count). The van der Waals surface area contributed by atoms with E-state index in [-0.39, 0.29) is 11.9 Å². The number of anilines is 1. The molecule has 0 saturated heterocycles. The van der Waals surface area contributed by atoms with Crippen LogP contribution in [-0.4, -0.2) is 25.8 Å². The molecular formula is C20H17N5O2. The molecule has 0 unspecified atom stereocenters. The number of H-pyrrole nitrogens is 1. The summed E-state index contributed by atoms with van der Waals surface area (Å²) < 4.78 is 5.71. The van der Waals surface area contributed by atoms with E-state index in [1.54, 1.807) is 36.7 Å². The zero-order chi connectivity index (χ0) is 18.8. The Labute approximate surface area is 155 Å². The summed E-state index contributed by atoms with van der Waals surface area (Å²) in [5, 5.41) is 2.89. The molecule has 4 aromatic rings. The Morgan fingerprint density at radius 2 is 1.89 bits per heavy atom. The third-order valence-electron chi connectivity index (χ3n) is 4.05. The molecule has 2 N–H and O–H groups in total. The normalized spacial score (nSPS) is 10.7. The van der Waals surface area contributed by atoms with E-state index in [9.17, 15) is 4.79 Å². The highest BCUT2D eigenvalue weighted by Crippen LogP contribution is 2.26. The van der Waals surface area contributed by atoms with Gasteiger partial charge >= 0.3 is 6.01 Å². The maximum absolute atomic E-state index is 12.6. The number of nitrogens with zero attached hydrogens (tertiary/aromatic N) is 3. The first-order valence-electron chi connectivity index (χ1n) is 8.42. The lowest BCUT2D eigenvalue weighted by Crippen LogP contribution is -2.12. The number of nitrogens with one attached hydrogen (secondary N) is 2. The number of carbonyl (C=O) groups is 1. The van der Waals surface area contributed by atoms with Crippen molar-refractivity contribution in [2.24, 2.45) is 0 Å². The van der Waals surface area contributed by atoms with Gasteiger partial charge in [-0.3, -0.25) is 4.79 Å². The quantitative estimate of drug-likeness (QED) is 0.574. The summed E-state index contributed by atoms with van der Waals surface area (Å²) in [5.41, 5.74) is 3.74. The van der Waals surface area contributed by atoms with E-state index in [0.717, 1.165) is 22.4 Å². The van der Waals surface area contributed by atoms with Crippen LogP contribution in [0.1, 0.15) is 21.7 Å². The minimum atomic E-state index is -0.213. The van der Waals surface area contributed by atoms with Gasteiger partial charge in [-0.1, -0.05) is 6.07 Å². The first kappa shape index (κ1) is 16.7. The molecule has 7 nitrogen and oxygen atoms in total. The first-order chi connectivity index (χ1) is 13.1. The van der Waals surface area contributed by atoms with Crippen molar-refractivity contribution >= 4 is 22.6 Å². The molecule has 0 radical (unpaired) electrons. The summed E-state index contributed by atoms with van der Waals surface area (Å²) in [5.74, 6) is 1.18. The average Bonchev–Trinajstić information content (AvgIpc) is 3.04. The standard InChI is InChI=1S/C20H17N5O2/c1-12-4-6-15(11-18(12)27-20-21-8-3-9-22-20)25-19(26)14-5-7-16-17(10-14)24-13(2)23-16/h3-11H,1-2H3,(H,23,24)(H,25,26). The number of fused-ring (bicyclic) bond motifs is 1. The third-order valence-corrected chi connectivity index (χ3v) is 4.05. The lowest BCUT2D eigenvalue weighted by atomic mass is 10.1. The van der Waals surface area contributed by atoms with Gasteiger partial charge in [0.05, 0.1) is 11.0 Å². The van der Waals surface area contributed by atoms with Crippen LogP contribution >= 0.6 is 0 Å². The van der Waals surface area contributed by atoms with Crippen molar-refractivity contribution in [3.63, 3.8) is 0 Å². The van der Waals surface area contributed by atoms with Crippen LogP contribution in [0.5, 0.6) is 11.8 Å². The summed E-state index contributed by atoms with van der Waals surface area (Å²) in [6, 6.07) is 12.8. The minimum Gasteiger partial charge on any atom is -0.424 e. The Hall–Kier alpha value is -3.74. The van der Waals surface area contributed by atoms with Crippen LogP contribution in [0.15, 0.2) is 54.9 Å². The molecule has 27 heavy (non-hydrogen) atoms. The average molecular weight is 359 g/mol. The van der Waals surface area contributed by atoms with Crippen LogP contribution in [0.4, 0.5) is 5.69 Å². The number of benzene rings is 2. The van der Waals surface area contributed by atoms with Gasteiger partial charge in [0.15, 0.2) is 0 Å². The summed E-state index contributed by atoms with van der Waals surface area (Å²) in [6.07, 6.45) is 3.22. The summed E-state index contributed by atoms with van der Waals surface area (Å²) >= 11 is 0. The van der Waals surface area contributed by atoms with E-state index in [4.69, 9.17) is 4.74 Å². The highest BCUT2D eigenvalue weighted by Gasteiger charge is 2.11. The second-order valence-corrected chi connectivity index (χ2v) is 6.12. The maximum atomic E-state index is 12.6. The molecular weight excluding hydrogens is 342 g/mol. The van der Waals surface area contributed by atoms with Crippen molar-refractivity contribution in [2.75, 3.05) is 5.32 Å². The van der Waals surface area contributed by atoms with Crippen LogP contribution in [-0.2, 0) is 0 Å². The Balaban J connectivity index is 1.56. The molecule has 2 heterocycles. The van der Waals surface area contributed by atoms with Gasteiger partial charge in [-0.15, -0.1) is 0 Å². The van der Waals surface area contributed by atoms with Crippen molar-refractivity contribution < 1.29 is 9.53 Å². The Kier molecular flexibility index (Phi) is 4.25. The fourth-order valence-electron chi connectivity index (χ4n) is 2.71. The fourth-order valence-corrected chi connectivity index (χ4v) is 2.71. The minimum absolute atomic E-state index is 0.213. The van der Waals surface area contributed by atoms with E-state index in [2.05, 4.69) is 25.3 Å². The molecule has 0 aliphatic rings. The van der Waals surface area contributed by atoms with Crippen molar-refractivity contribution in [3.8, 4) is 11.8 Å². The summed E-state index contributed by atoms with van der Waals surface area (Å²) in [4.78, 5) is 28.2. The van der Waals surface area contributed by atoms with Gasteiger partial charge in [0.2, 0.25) is 0 Å². The van der Waals surface area contributed by atoms with Gasteiger partial charge in [-0.2, -0.15) is 0 Å². The van der Waals surface area contributed by atoms with Gasteiger partial charge in [0.25, 0.3) is 5.91 Å². The van der Waals surface area contributed by atoms with Crippen LogP contribution < -0.4 is 10.1 Å². The number of ether oxygens (including phenoxy) is 1. The maximum Gasteiger partial charge on any atom is 0.321 e. The molecule has 0 bridgehead atoms. The SMILES string of the molecule is Cc1nc2ccc(C(=O)Nc3ccc(C)c(Oc4ncccn4)c3)cc2[nH]1. The Morgan fingerprint density at radius 3 is 2.70 bits per heavy atom. The molecule has 2 aromatic heterocycles. The van der Waals surface area contributed by atoms with Crippen LogP contribution in [0.25, 0.3) is 11.0 Å². The van der Waals surface area contributed by atoms with Crippen LogP contribution in [0.3, 0.4) is 0 Å². The van der Waals surface area contributed by atoms with E-state index in [1.165, 1.54) is 0 Å². The number of amides is 1. The van der Waals surface area contributed by atoms with Gasteiger partial charge in [0.1, 0.15) is 11.6 Å². The number of aromatic amines is 1. The fraction of sp³-hybridized carbons (Fsp3) is 0.100.